The summed E-state index contributed by atoms with van der Waals surface area (Å²) < 4.78 is 18.6. The zero-order chi connectivity index (χ0) is 17.7. The minimum Gasteiger partial charge on any atom is -0.482 e. The van der Waals surface area contributed by atoms with Crippen LogP contribution >= 0.6 is 11.6 Å². The Kier molecular flexibility index (Phi) is 5.70. The predicted octanol–water partition coefficient (Wildman–Crippen LogP) is 3.39. The molecule has 0 heterocycles. The highest BCUT2D eigenvalue weighted by atomic mass is 35.5. The Morgan fingerprint density at radius 2 is 2.08 bits per heavy atom. The van der Waals surface area contributed by atoms with Crippen LogP contribution in [0.25, 0.3) is 0 Å². The van der Waals surface area contributed by atoms with Crippen molar-refractivity contribution < 1.29 is 18.8 Å². The van der Waals surface area contributed by atoms with E-state index >= 15 is 0 Å². The van der Waals surface area contributed by atoms with Crippen molar-refractivity contribution in [2.75, 3.05) is 6.61 Å². The number of hydrogen-bond acceptors (Lipinski definition) is 4. The van der Waals surface area contributed by atoms with Crippen molar-refractivity contribution in [1.82, 2.24) is 5.32 Å². The molecule has 24 heavy (non-hydrogen) atoms. The van der Waals surface area contributed by atoms with Crippen LogP contribution in [0.5, 0.6) is 5.75 Å². The maximum Gasteiger partial charge on any atom is 0.271 e. The third kappa shape index (κ3) is 4.66. The zero-order valence-corrected chi connectivity index (χ0v) is 13.5. The lowest BCUT2D eigenvalue weighted by Crippen LogP contribution is -2.28. The Balaban J connectivity index is 1.87. The third-order valence-electron chi connectivity index (χ3n) is 3.21. The largest absolute Gasteiger partial charge is 0.482 e. The van der Waals surface area contributed by atoms with Gasteiger partial charge in [-0.05, 0) is 30.2 Å². The van der Waals surface area contributed by atoms with Crippen molar-refractivity contribution >= 4 is 23.2 Å². The lowest BCUT2D eigenvalue weighted by atomic mass is 10.1. The summed E-state index contributed by atoms with van der Waals surface area (Å²) in [5.41, 5.74) is 0.985. The molecule has 0 aliphatic heterocycles. The molecule has 0 aromatic heterocycles. The number of halogens is 2. The van der Waals surface area contributed by atoms with Crippen LogP contribution in [-0.4, -0.2) is 17.4 Å². The summed E-state index contributed by atoms with van der Waals surface area (Å²) in [7, 11) is 0. The Labute approximate surface area is 142 Å². The summed E-state index contributed by atoms with van der Waals surface area (Å²) in [5, 5.41) is 13.2. The molecule has 6 nitrogen and oxygen atoms in total. The molecule has 2 aromatic carbocycles. The highest BCUT2D eigenvalue weighted by molar-refractivity contribution is 6.32. The monoisotopic (exact) mass is 352 g/mol. The lowest BCUT2D eigenvalue weighted by molar-refractivity contribution is -0.384. The smallest absolute Gasteiger partial charge is 0.271 e. The number of aryl methyl sites for hydroxylation is 1. The standard InChI is InChI=1S/C16H14ClFN2O4/c1-10-2-3-11(6-14(10)18)8-19-16(21)9-24-15-5-4-12(20(22)23)7-13(15)17/h2-7H,8-9H2,1H3,(H,19,21). The maximum atomic E-state index is 13.4. The molecule has 2 aromatic rings. The van der Waals surface area contributed by atoms with E-state index in [1.54, 1.807) is 19.1 Å². The molecule has 2 rings (SSSR count). The van der Waals surface area contributed by atoms with E-state index in [2.05, 4.69) is 5.32 Å². The summed E-state index contributed by atoms with van der Waals surface area (Å²) >= 11 is 5.86. The number of ether oxygens (including phenoxy) is 1. The predicted molar refractivity (Wildman–Crippen MR) is 86.6 cm³/mol. The topological polar surface area (TPSA) is 81.5 Å². The molecule has 8 heteroatoms. The van der Waals surface area contributed by atoms with Gasteiger partial charge in [-0.25, -0.2) is 4.39 Å². The molecule has 0 atom stereocenters. The van der Waals surface area contributed by atoms with Gasteiger partial charge in [0, 0.05) is 18.7 Å². The number of nitro groups is 1. The van der Waals surface area contributed by atoms with E-state index < -0.39 is 10.8 Å². The van der Waals surface area contributed by atoms with E-state index in [9.17, 15) is 19.3 Å². The molecule has 0 spiro atoms. The highest BCUT2D eigenvalue weighted by Gasteiger charge is 2.11. The molecule has 1 amide bonds. The van der Waals surface area contributed by atoms with Crippen LogP contribution in [0, 0.1) is 22.9 Å². The van der Waals surface area contributed by atoms with Crippen LogP contribution in [0.15, 0.2) is 36.4 Å². The number of nitrogens with one attached hydrogen (secondary N) is 1. The first-order valence-electron chi connectivity index (χ1n) is 6.95. The van der Waals surface area contributed by atoms with Gasteiger partial charge >= 0.3 is 0 Å². The maximum absolute atomic E-state index is 13.4. The second kappa shape index (κ2) is 7.74. The first-order valence-corrected chi connectivity index (χ1v) is 7.33. The quantitative estimate of drug-likeness (QED) is 0.638. The molecular formula is C16H14ClFN2O4. The summed E-state index contributed by atoms with van der Waals surface area (Å²) in [4.78, 5) is 21.8. The van der Waals surface area contributed by atoms with Gasteiger partial charge in [0.15, 0.2) is 6.61 Å². The number of hydrogen-bond donors (Lipinski definition) is 1. The van der Waals surface area contributed by atoms with Gasteiger partial charge in [0.25, 0.3) is 11.6 Å². The number of nitrogens with zero attached hydrogens (tertiary/aromatic N) is 1. The summed E-state index contributed by atoms with van der Waals surface area (Å²) in [6, 6.07) is 8.39. The number of benzene rings is 2. The van der Waals surface area contributed by atoms with Gasteiger partial charge in [-0.15, -0.1) is 0 Å². The molecule has 126 valence electrons. The second-order valence-corrected chi connectivity index (χ2v) is 5.43. The Morgan fingerprint density at radius 3 is 2.71 bits per heavy atom. The minimum atomic E-state index is -0.580. The van der Waals surface area contributed by atoms with E-state index in [0.717, 1.165) is 6.07 Å². The molecule has 0 saturated carbocycles. The van der Waals surface area contributed by atoms with Crippen LogP contribution in [0.4, 0.5) is 10.1 Å². The summed E-state index contributed by atoms with van der Waals surface area (Å²) in [6.45, 7) is 1.50. The number of carbonyl (C=O) groups excluding carboxylic acids is 1. The fourth-order valence-electron chi connectivity index (χ4n) is 1.86. The number of carbonyl (C=O) groups is 1. The normalized spacial score (nSPS) is 10.3. The molecular weight excluding hydrogens is 339 g/mol. The van der Waals surface area contributed by atoms with Crippen LogP contribution in [-0.2, 0) is 11.3 Å². The van der Waals surface area contributed by atoms with Crippen molar-refractivity contribution in [1.29, 1.82) is 0 Å². The van der Waals surface area contributed by atoms with Gasteiger partial charge in [0.2, 0.25) is 0 Å². The fraction of sp³-hybridized carbons (Fsp3) is 0.188. The van der Waals surface area contributed by atoms with Gasteiger partial charge in [0.1, 0.15) is 11.6 Å². The number of rotatable bonds is 6. The van der Waals surface area contributed by atoms with Crippen LogP contribution in [0.3, 0.4) is 0 Å². The Bertz CT molecular complexity index is 783. The van der Waals surface area contributed by atoms with Gasteiger partial charge in [-0.2, -0.15) is 0 Å². The molecule has 0 aliphatic rings. The Morgan fingerprint density at radius 1 is 1.33 bits per heavy atom. The van der Waals surface area contributed by atoms with Crippen molar-refractivity contribution in [2.45, 2.75) is 13.5 Å². The molecule has 1 N–H and O–H groups in total. The first kappa shape index (κ1) is 17.7. The number of nitro benzene ring substituents is 1. The van der Waals surface area contributed by atoms with Crippen molar-refractivity contribution in [3.05, 3.63) is 68.5 Å². The highest BCUT2D eigenvalue weighted by Crippen LogP contribution is 2.28. The zero-order valence-electron chi connectivity index (χ0n) is 12.7. The van der Waals surface area contributed by atoms with Crippen molar-refractivity contribution in [3.8, 4) is 5.75 Å². The average molecular weight is 353 g/mol. The third-order valence-corrected chi connectivity index (χ3v) is 3.51. The first-order chi connectivity index (χ1) is 11.4. The Hall–Kier alpha value is -2.67. The van der Waals surface area contributed by atoms with Crippen LogP contribution in [0.1, 0.15) is 11.1 Å². The molecule has 0 bridgehead atoms. The van der Waals surface area contributed by atoms with Gasteiger partial charge in [-0.1, -0.05) is 23.7 Å². The molecule has 0 saturated heterocycles. The van der Waals surface area contributed by atoms with E-state index in [1.807, 2.05) is 0 Å². The van der Waals surface area contributed by atoms with E-state index in [4.69, 9.17) is 16.3 Å². The second-order valence-electron chi connectivity index (χ2n) is 5.02. The van der Waals surface area contributed by atoms with Gasteiger partial charge in [0.05, 0.1) is 9.95 Å². The van der Waals surface area contributed by atoms with Crippen molar-refractivity contribution in [2.24, 2.45) is 0 Å². The van der Waals surface area contributed by atoms with Crippen molar-refractivity contribution in [3.63, 3.8) is 0 Å². The number of non-ortho nitro benzene ring substituents is 1. The summed E-state index contributed by atoms with van der Waals surface area (Å²) in [6.07, 6.45) is 0. The van der Waals surface area contributed by atoms with Gasteiger partial charge in [-0.3, -0.25) is 14.9 Å². The average Bonchev–Trinajstić information content (AvgIpc) is 2.54. The minimum absolute atomic E-state index is 0.0394. The van der Waals surface area contributed by atoms with Crippen LogP contribution < -0.4 is 10.1 Å². The fourth-order valence-corrected chi connectivity index (χ4v) is 2.09. The molecule has 0 radical (unpaired) electrons. The van der Waals surface area contributed by atoms with Crippen LogP contribution in [0.2, 0.25) is 5.02 Å². The molecule has 0 fully saturated rings. The van der Waals surface area contributed by atoms with E-state index in [0.29, 0.717) is 11.1 Å². The lowest BCUT2D eigenvalue weighted by Gasteiger charge is -2.09. The number of amides is 1. The SMILES string of the molecule is Cc1ccc(CNC(=O)COc2ccc([N+](=O)[O-])cc2Cl)cc1F. The van der Waals surface area contributed by atoms with E-state index in [1.165, 1.54) is 18.2 Å². The van der Waals surface area contributed by atoms with E-state index in [-0.39, 0.29) is 35.4 Å². The summed E-state index contributed by atoms with van der Waals surface area (Å²) in [5.74, 6) is -0.597. The van der Waals surface area contributed by atoms with Gasteiger partial charge < -0.3 is 10.1 Å². The molecule has 0 unspecified atom stereocenters. The molecule has 0 aliphatic carbocycles.